The van der Waals surface area contributed by atoms with E-state index in [2.05, 4.69) is 25.8 Å². The molecule has 0 radical (unpaired) electrons. The van der Waals surface area contributed by atoms with Crippen molar-refractivity contribution in [1.29, 1.82) is 0 Å². The van der Waals surface area contributed by atoms with Gasteiger partial charge in [-0.1, -0.05) is 29.1 Å². The Morgan fingerprint density at radius 3 is 2.90 bits per heavy atom. The van der Waals surface area contributed by atoms with Crippen LogP contribution >= 0.6 is 11.8 Å². The second-order valence-corrected chi connectivity index (χ2v) is 5.73. The summed E-state index contributed by atoms with van der Waals surface area (Å²) in [4.78, 5) is 12.3. The maximum atomic E-state index is 12.3. The van der Waals surface area contributed by atoms with Gasteiger partial charge < -0.3 is 0 Å². The van der Waals surface area contributed by atoms with Gasteiger partial charge in [0.2, 0.25) is 5.16 Å². The molecule has 4 rings (SSSR count). The predicted molar refractivity (Wildman–Crippen MR) is 75.7 cm³/mol. The number of hydrogen-bond donors (Lipinski definition) is 0. The first-order chi connectivity index (χ1) is 10.3. The van der Waals surface area contributed by atoms with Crippen LogP contribution in [0.1, 0.15) is 18.9 Å². The van der Waals surface area contributed by atoms with Crippen molar-refractivity contribution in [2.24, 2.45) is 0 Å². The molecule has 1 saturated carbocycles. The van der Waals surface area contributed by atoms with Crippen molar-refractivity contribution in [2.45, 2.75) is 29.9 Å². The van der Waals surface area contributed by atoms with Gasteiger partial charge in [0.25, 0.3) is 5.56 Å². The van der Waals surface area contributed by atoms with E-state index in [0.717, 1.165) is 12.8 Å². The van der Waals surface area contributed by atoms with Gasteiger partial charge in [0.15, 0.2) is 0 Å². The Labute approximate surface area is 123 Å². The van der Waals surface area contributed by atoms with E-state index >= 15 is 0 Å². The third kappa shape index (κ3) is 2.29. The minimum Gasteiger partial charge on any atom is -0.267 e. The molecule has 1 aliphatic rings. The summed E-state index contributed by atoms with van der Waals surface area (Å²) in [6.07, 6.45) is 2.21. The van der Waals surface area contributed by atoms with Gasteiger partial charge in [-0.15, -0.1) is 10.2 Å². The molecule has 0 N–H and O–H groups in total. The van der Waals surface area contributed by atoms with Crippen LogP contribution in [0.2, 0.25) is 0 Å². The van der Waals surface area contributed by atoms with Crippen molar-refractivity contribution >= 4 is 22.7 Å². The van der Waals surface area contributed by atoms with Crippen molar-refractivity contribution in [3.63, 3.8) is 0 Å². The minimum absolute atomic E-state index is 0.154. The number of hydrogen-bond acceptors (Lipinski definition) is 7. The lowest BCUT2D eigenvalue weighted by atomic mass is 10.2. The number of thioether (sulfide) groups is 1. The van der Waals surface area contributed by atoms with Gasteiger partial charge >= 0.3 is 0 Å². The van der Waals surface area contributed by atoms with E-state index in [1.165, 1.54) is 16.4 Å². The van der Waals surface area contributed by atoms with Crippen LogP contribution < -0.4 is 5.56 Å². The lowest BCUT2D eigenvalue weighted by Crippen LogP contribution is -2.23. The Kier molecular flexibility index (Phi) is 2.92. The Morgan fingerprint density at radius 1 is 1.19 bits per heavy atom. The summed E-state index contributed by atoms with van der Waals surface area (Å²) >= 11 is 1.39. The molecule has 0 aliphatic heterocycles. The van der Waals surface area contributed by atoms with Gasteiger partial charge in [-0.3, -0.25) is 4.79 Å². The number of aromatic nitrogens is 7. The smallest absolute Gasteiger partial charge is 0.267 e. The van der Waals surface area contributed by atoms with Gasteiger partial charge in [-0.05, 0) is 35.4 Å². The zero-order valence-electron chi connectivity index (χ0n) is 11.0. The Hall–Kier alpha value is -2.29. The highest BCUT2D eigenvalue weighted by Gasteiger charge is 2.27. The van der Waals surface area contributed by atoms with Gasteiger partial charge in [-0.2, -0.15) is 4.68 Å². The molecule has 0 atom stereocenters. The number of fused-ring (bicyclic) bond motifs is 1. The second kappa shape index (κ2) is 4.92. The minimum atomic E-state index is -0.154. The van der Waals surface area contributed by atoms with Crippen molar-refractivity contribution in [3.8, 4) is 0 Å². The number of rotatable bonds is 4. The first kappa shape index (κ1) is 12.5. The maximum absolute atomic E-state index is 12.3. The second-order valence-electron chi connectivity index (χ2n) is 4.82. The van der Waals surface area contributed by atoms with E-state index in [9.17, 15) is 4.79 Å². The third-order valence-corrected chi connectivity index (χ3v) is 4.20. The van der Waals surface area contributed by atoms with Crippen molar-refractivity contribution in [3.05, 3.63) is 34.6 Å². The normalized spacial score (nSPS) is 14.7. The first-order valence-corrected chi connectivity index (χ1v) is 7.55. The fourth-order valence-corrected chi connectivity index (χ4v) is 2.87. The predicted octanol–water partition coefficient (Wildman–Crippen LogP) is 0.863. The number of tetrazole rings is 1. The fraction of sp³-hybridized carbons (Fsp3) is 0.333. The van der Waals surface area contributed by atoms with Gasteiger partial charge in [0.05, 0.1) is 17.3 Å². The molecular formula is C12H11N7OS. The monoisotopic (exact) mass is 301 g/mol. The van der Waals surface area contributed by atoms with Crippen molar-refractivity contribution in [2.75, 3.05) is 0 Å². The van der Waals surface area contributed by atoms with Crippen LogP contribution in [-0.2, 0) is 5.88 Å². The van der Waals surface area contributed by atoms with Gasteiger partial charge in [0.1, 0.15) is 5.52 Å². The molecule has 8 nitrogen and oxygen atoms in total. The average Bonchev–Trinajstić information content (AvgIpc) is 3.26. The van der Waals surface area contributed by atoms with E-state index in [-0.39, 0.29) is 5.56 Å². The lowest BCUT2D eigenvalue weighted by Gasteiger charge is -2.04. The van der Waals surface area contributed by atoms with Gasteiger partial charge in [-0.25, -0.2) is 4.68 Å². The van der Waals surface area contributed by atoms with Crippen LogP contribution in [0.5, 0.6) is 0 Å². The number of benzene rings is 1. The standard InChI is InChI=1S/C12H11N7OS/c20-11-9-3-1-2-4-10(9)13-16-18(11)7-21-12-14-15-17-19(12)8-5-6-8/h1-4,8H,5-7H2. The largest absolute Gasteiger partial charge is 0.278 e. The molecule has 1 fully saturated rings. The molecule has 0 bridgehead atoms. The topological polar surface area (TPSA) is 91.4 Å². The molecule has 0 spiro atoms. The van der Waals surface area contributed by atoms with Crippen LogP contribution in [0.25, 0.3) is 10.9 Å². The van der Waals surface area contributed by atoms with Crippen LogP contribution in [0.3, 0.4) is 0 Å². The molecule has 2 heterocycles. The highest BCUT2D eigenvalue weighted by molar-refractivity contribution is 7.98. The van der Waals surface area contributed by atoms with Crippen LogP contribution in [-0.4, -0.2) is 35.2 Å². The molecule has 3 aromatic rings. The average molecular weight is 301 g/mol. The zero-order valence-corrected chi connectivity index (χ0v) is 11.8. The summed E-state index contributed by atoms with van der Waals surface area (Å²) in [7, 11) is 0. The van der Waals surface area contributed by atoms with Crippen molar-refractivity contribution < 1.29 is 0 Å². The molecule has 1 aliphatic carbocycles. The lowest BCUT2D eigenvalue weighted by molar-refractivity contribution is 0.563. The Bertz CT molecular complexity index is 854. The molecule has 106 valence electrons. The Balaban J connectivity index is 1.61. The van der Waals surface area contributed by atoms with Crippen LogP contribution in [0.15, 0.2) is 34.2 Å². The van der Waals surface area contributed by atoms with Crippen LogP contribution in [0.4, 0.5) is 0 Å². The third-order valence-electron chi connectivity index (χ3n) is 3.30. The molecular weight excluding hydrogens is 290 g/mol. The first-order valence-electron chi connectivity index (χ1n) is 6.56. The molecule has 2 aromatic heterocycles. The molecule has 0 unspecified atom stereocenters. The fourth-order valence-electron chi connectivity index (χ4n) is 2.06. The molecule has 9 heteroatoms. The highest BCUT2D eigenvalue weighted by atomic mass is 32.2. The van der Waals surface area contributed by atoms with E-state index < -0.39 is 0 Å². The summed E-state index contributed by atoms with van der Waals surface area (Å²) < 4.78 is 3.14. The number of nitrogens with zero attached hydrogens (tertiary/aromatic N) is 7. The van der Waals surface area contributed by atoms with Crippen LogP contribution in [0, 0.1) is 0 Å². The van der Waals surface area contributed by atoms with E-state index in [1.54, 1.807) is 12.1 Å². The molecule has 1 aromatic carbocycles. The SMILES string of the molecule is O=c1c2ccccc2nnn1CSc1nnnn1C1CC1. The summed E-state index contributed by atoms with van der Waals surface area (Å²) in [5.41, 5.74) is 0.449. The van der Waals surface area contributed by atoms with Crippen molar-refractivity contribution in [1.82, 2.24) is 35.2 Å². The molecule has 0 amide bonds. The molecule has 0 saturated heterocycles. The highest BCUT2D eigenvalue weighted by Crippen LogP contribution is 2.36. The van der Waals surface area contributed by atoms with E-state index in [1.807, 2.05) is 16.8 Å². The molecule has 21 heavy (non-hydrogen) atoms. The summed E-state index contributed by atoms with van der Waals surface area (Å²) in [6.45, 7) is 0. The van der Waals surface area contributed by atoms with E-state index in [0.29, 0.717) is 28.0 Å². The maximum Gasteiger partial charge on any atom is 0.278 e. The zero-order chi connectivity index (χ0) is 14.2. The summed E-state index contributed by atoms with van der Waals surface area (Å²) in [5, 5.41) is 20.9. The Morgan fingerprint density at radius 2 is 2.05 bits per heavy atom. The summed E-state index contributed by atoms with van der Waals surface area (Å²) in [6, 6.07) is 7.58. The summed E-state index contributed by atoms with van der Waals surface area (Å²) in [5.74, 6) is 0.337. The van der Waals surface area contributed by atoms with E-state index in [4.69, 9.17) is 0 Å². The quantitative estimate of drug-likeness (QED) is 0.660. The van der Waals surface area contributed by atoms with Gasteiger partial charge in [0, 0.05) is 0 Å².